The molecule has 2 nitrogen and oxygen atoms in total. The highest BCUT2D eigenvalue weighted by atomic mass is 79.9. The maximum Gasteiger partial charge on any atom is 0.387 e. The molecule has 100 valence electrons. The summed E-state index contributed by atoms with van der Waals surface area (Å²) < 4.78 is 29.6. The molecule has 2 aromatic rings. The fourth-order valence-electron chi connectivity index (χ4n) is 1.61. The Balaban J connectivity index is 2.41. The summed E-state index contributed by atoms with van der Waals surface area (Å²) in [4.78, 5) is 13.8. The third kappa shape index (κ3) is 3.19. The molecule has 0 aliphatic heterocycles. The van der Waals surface area contributed by atoms with E-state index < -0.39 is 6.61 Å². The van der Waals surface area contributed by atoms with E-state index in [1.807, 2.05) is 13.0 Å². The van der Waals surface area contributed by atoms with Gasteiger partial charge in [-0.15, -0.1) is 11.3 Å². The van der Waals surface area contributed by atoms with E-state index in [-0.39, 0.29) is 17.1 Å². The third-order valence-electron chi connectivity index (χ3n) is 2.36. The van der Waals surface area contributed by atoms with E-state index in [4.69, 9.17) is 0 Å². The molecule has 0 spiro atoms. The minimum atomic E-state index is -2.96. The van der Waals surface area contributed by atoms with E-state index >= 15 is 0 Å². The summed E-state index contributed by atoms with van der Waals surface area (Å²) in [6.45, 7) is -1.09. The van der Waals surface area contributed by atoms with Crippen LogP contribution in [0.5, 0.6) is 5.75 Å². The number of thiophene rings is 1. The smallest absolute Gasteiger partial charge is 0.387 e. The van der Waals surface area contributed by atoms with Crippen LogP contribution >= 0.6 is 27.3 Å². The molecule has 0 saturated heterocycles. The largest absolute Gasteiger partial charge is 0.434 e. The number of carbonyl (C=O) groups is 1. The summed E-state index contributed by atoms with van der Waals surface area (Å²) in [6, 6.07) is 7.80. The lowest BCUT2D eigenvalue weighted by Crippen LogP contribution is -2.08. The molecule has 19 heavy (non-hydrogen) atoms. The van der Waals surface area contributed by atoms with E-state index in [0.29, 0.717) is 9.35 Å². The van der Waals surface area contributed by atoms with Gasteiger partial charge in [0, 0.05) is 9.35 Å². The Hall–Kier alpha value is -1.27. The summed E-state index contributed by atoms with van der Waals surface area (Å²) in [5.74, 6) is -0.443. The van der Waals surface area contributed by atoms with Gasteiger partial charge in [-0.1, -0.05) is 12.1 Å². The van der Waals surface area contributed by atoms with Gasteiger partial charge in [-0.2, -0.15) is 8.78 Å². The first kappa shape index (κ1) is 14.1. The Labute approximate surface area is 121 Å². The number of alkyl halides is 2. The van der Waals surface area contributed by atoms with Gasteiger partial charge < -0.3 is 4.74 Å². The lowest BCUT2D eigenvalue weighted by atomic mass is 10.1. The van der Waals surface area contributed by atoms with Crippen LogP contribution < -0.4 is 4.74 Å². The van der Waals surface area contributed by atoms with Crippen LogP contribution in [0.25, 0.3) is 0 Å². The lowest BCUT2D eigenvalue weighted by Gasteiger charge is -2.09. The van der Waals surface area contributed by atoms with Crippen LogP contribution in [0.1, 0.15) is 20.1 Å². The fraction of sp³-hybridized carbons (Fsp3) is 0.154. The number of hydrogen-bond acceptors (Lipinski definition) is 3. The Bertz CT molecular complexity index is 610. The predicted octanol–water partition coefficient (Wildman–Crippen LogP) is 4.65. The van der Waals surface area contributed by atoms with Crippen LogP contribution in [0.4, 0.5) is 8.78 Å². The van der Waals surface area contributed by atoms with Gasteiger partial charge in [0.15, 0.2) is 0 Å². The van der Waals surface area contributed by atoms with E-state index in [0.717, 1.165) is 4.88 Å². The van der Waals surface area contributed by atoms with E-state index in [1.54, 1.807) is 12.1 Å². The van der Waals surface area contributed by atoms with Gasteiger partial charge in [-0.25, -0.2) is 0 Å². The normalized spacial score (nSPS) is 10.8. The number of carbonyl (C=O) groups excluding carboxylic acids is 1. The van der Waals surface area contributed by atoms with E-state index in [1.165, 1.54) is 23.5 Å². The Morgan fingerprint density at radius 2 is 2.05 bits per heavy atom. The van der Waals surface area contributed by atoms with Crippen molar-refractivity contribution in [2.24, 2.45) is 0 Å². The lowest BCUT2D eigenvalue weighted by molar-refractivity contribution is -0.0501. The summed E-state index contributed by atoms with van der Waals surface area (Å²) >= 11 is 4.60. The van der Waals surface area contributed by atoms with Crippen molar-refractivity contribution in [3.63, 3.8) is 0 Å². The van der Waals surface area contributed by atoms with Crippen molar-refractivity contribution in [1.29, 1.82) is 0 Å². The minimum absolute atomic E-state index is 0.111. The van der Waals surface area contributed by atoms with Crippen LogP contribution in [0.2, 0.25) is 0 Å². The second kappa shape index (κ2) is 5.79. The van der Waals surface area contributed by atoms with Gasteiger partial charge in [-0.3, -0.25) is 4.79 Å². The Morgan fingerprint density at radius 1 is 1.37 bits per heavy atom. The zero-order chi connectivity index (χ0) is 14.0. The van der Waals surface area contributed by atoms with Gasteiger partial charge in [0.2, 0.25) is 5.78 Å². The van der Waals surface area contributed by atoms with Crippen LogP contribution in [-0.2, 0) is 0 Å². The molecule has 0 unspecified atom stereocenters. The maximum absolute atomic E-state index is 12.3. The van der Waals surface area contributed by atoms with Crippen molar-refractivity contribution in [3.05, 3.63) is 50.1 Å². The molecule has 0 radical (unpaired) electrons. The summed E-state index contributed by atoms with van der Waals surface area (Å²) in [7, 11) is 0. The topological polar surface area (TPSA) is 26.3 Å². The zero-order valence-electron chi connectivity index (χ0n) is 9.82. The van der Waals surface area contributed by atoms with Crippen molar-refractivity contribution < 1.29 is 18.3 Å². The zero-order valence-corrected chi connectivity index (χ0v) is 12.2. The van der Waals surface area contributed by atoms with Crippen molar-refractivity contribution in [3.8, 4) is 5.75 Å². The minimum Gasteiger partial charge on any atom is -0.434 e. The van der Waals surface area contributed by atoms with Crippen LogP contribution in [0, 0.1) is 6.92 Å². The number of aryl methyl sites for hydroxylation is 1. The van der Waals surface area contributed by atoms with Crippen molar-refractivity contribution in [2.45, 2.75) is 13.5 Å². The van der Waals surface area contributed by atoms with Gasteiger partial charge >= 0.3 is 6.61 Å². The predicted molar refractivity (Wildman–Crippen MR) is 73.3 cm³/mol. The first-order valence-electron chi connectivity index (χ1n) is 5.33. The molecule has 6 heteroatoms. The molecule has 2 rings (SSSR count). The number of ether oxygens (including phenoxy) is 1. The average molecular weight is 347 g/mol. The maximum atomic E-state index is 12.3. The molecule has 0 atom stereocenters. The van der Waals surface area contributed by atoms with Crippen LogP contribution in [0.3, 0.4) is 0 Å². The fourth-order valence-corrected chi connectivity index (χ4v) is 3.39. The van der Waals surface area contributed by atoms with Gasteiger partial charge in [0.25, 0.3) is 0 Å². The highest BCUT2D eigenvalue weighted by Gasteiger charge is 2.20. The number of ketones is 1. The number of rotatable bonds is 4. The van der Waals surface area contributed by atoms with Crippen molar-refractivity contribution >= 4 is 33.0 Å². The average Bonchev–Trinajstić information content (AvgIpc) is 2.67. The summed E-state index contributed by atoms with van der Waals surface area (Å²) in [6.07, 6.45) is 0. The monoisotopic (exact) mass is 346 g/mol. The molecule has 1 aromatic heterocycles. The van der Waals surface area contributed by atoms with E-state index in [2.05, 4.69) is 20.7 Å². The molecular weight excluding hydrogens is 338 g/mol. The standard InChI is InChI=1S/C13H9BrF2O2S/c1-7-6-9(14)12(19-7)11(17)8-4-2-3-5-10(8)18-13(15)16/h2-6,13H,1H3. The van der Waals surface area contributed by atoms with Gasteiger partial charge in [0.1, 0.15) is 5.75 Å². The molecular formula is C13H9BrF2O2S. The summed E-state index contributed by atoms with van der Waals surface area (Å²) in [5.41, 5.74) is 0.130. The van der Waals surface area contributed by atoms with E-state index in [9.17, 15) is 13.6 Å². The van der Waals surface area contributed by atoms with Crippen molar-refractivity contribution in [2.75, 3.05) is 0 Å². The van der Waals surface area contributed by atoms with Gasteiger partial charge in [-0.05, 0) is 41.1 Å². The molecule has 0 N–H and O–H groups in total. The third-order valence-corrected chi connectivity index (χ3v) is 4.30. The first-order chi connectivity index (χ1) is 8.99. The number of halogens is 3. The molecule has 0 fully saturated rings. The molecule has 1 heterocycles. The molecule has 0 bridgehead atoms. The second-order valence-corrected chi connectivity index (χ2v) is 5.85. The SMILES string of the molecule is Cc1cc(Br)c(C(=O)c2ccccc2OC(F)F)s1. The Morgan fingerprint density at radius 3 is 2.63 bits per heavy atom. The summed E-state index contributed by atoms with van der Waals surface area (Å²) in [5, 5.41) is 0. The number of benzene rings is 1. The van der Waals surface area contributed by atoms with Crippen molar-refractivity contribution in [1.82, 2.24) is 0 Å². The molecule has 0 aliphatic rings. The Kier molecular flexibility index (Phi) is 4.31. The second-order valence-electron chi connectivity index (χ2n) is 3.74. The first-order valence-corrected chi connectivity index (χ1v) is 6.94. The number of para-hydroxylation sites is 1. The quantitative estimate of drug-likeness (QED) is 0.753. The molecule has 1 aromatic carbocycles. The van der Waals surface area contributed by atoms with Crippen LogP contribution in [0.15, 0.2) is 34.8 Å². The number of hydrogen-bond donors (Lipinski definition) is 0. The molecule has 0 aliphatic carbocycles. The highest BCUT2D eigenvalue weighted by molar-refractivity contribution is 9.10. The molecule has 0 amide bonds. The highest BCUT2D eigenvalue weighted by Crippen LogP contribution is 2.31. The molecule has 0 saturated carbocycles. The van der Waals surface area contributed by atoms with Crippen LogP contribution in [-0.4, -0.2) is 12.4 Å². The van der Waals surface area contributed by atoms with Gasteiger partial charge in [0.05, 0.1) is 10.4 Å².